The fraction of sp³-hybridized carbons (Fsp3) is 0.130. The molecule has 148 valence electrons. The lowest BCUT2D eigenvalue weighted by Crippen LogP contribution is -2.25. The molecule has 0 bridgehead atoms. The quantitative estimate of drug-likeness (QED) is 0.408. The number of nitrogens with one attached hydrogen (secondary N) is 2. The van der Waals surface area contributed by atoms with Crippen LogP contribution in [0.5, 0.6) is 0 Å². The summed E-state index contributed by atoms with van der Waals surface area (Å²) in [6.45, 7) is 0.349. The Hall–Kier alpha value is -2.54. The number of aromatic nitrogens is 1. The van der Waals surface area contributed by atoms with E-state index >= 15 is 0 Å². The van der Waals surface area contributed by atoms with Crippen LogP contribution in [0, 0.1) is 0 Å². The van der Waals surface area contributed by atoms with Crippen molar-refractivity contribution in [2.24, 2.45) is 0 Å². The third kappa shape index (κ3) is 4.40. The van der Waals surface area contributed by atoms with Crippen molar-refractivity contribution in [3.63, 3.8) is 0 Å². The fourth-order valence-corrected chi connectivity index (χ4v) is 4.79. The van der Waals surface area contributed by atoms with E-state index in [1.54, 1.807) is 23.9 Å². The number of benzene rings is 3. The van der Waals surface area contributed by atoms with Gasteiger partial charge in [0.15, 0.2) is 0 Å². The second-order valence-electron chi connectivity index (χ2n) is 6.76. The lowest BCUT2D eigenvalue weighted by molar-refractivity contribution is 0.582. The molecular weight excluding hydrogens is 400 g/mol. The molecule has 0 unspecified atom stereocenters. The maximum absolute atomic E-state index is 12.6. The summed E-state index contributed by atoms with van der Waals surface area (Å²) in [7, 11) is -3.54. The zero-order chi connectivity index (χ0) is 20.3. The van der Waals surface area contributed by atoms with Gasteiger partial charge in [-0.05, 0) is 59.7 Å². The third-order valence-corrected chi connectivity index (χ3v) is 7.17. The minimum absolute atomic E-state index is 0.279. The van der Waals surface area contributed by atoms with Gasteiger partial charge in [0, 0.05) is 28.5 Å². The van der Waals surface area contributed by atoms with Gasteiger partial charge in [0.25, 0.3) is 0 Å². The summed E-state index contributed by atoms with van der Waals surface area (Å²) in [4.78, 5) is 4.70. The molecule has 4 rings (SSSR count). The van der Waals surface area contributed by atoms with Gasteiger partial charge in [-0.1, -0.05) is 42.5 Å². The van der Waals surface area contributed by atoms with E-state index in [4.69, 9.17) is 0 Å². The Balaban J connectivity index is 1.42. The van der Waals surface area contributed by atoms with Crippen molar-refractivity contribution in [1.82, 2.24) is 9.71 Å². The van der Waals surface area contributed by atoms with Crippen LogP contribution in [-0.2, 0) is 16.4 Å². The highest BCUT2D eigenvalue weighted by Crippen LogP contribution is 2.24. The number of rotatable bonds is 7. The standard InChI is InChI=1S/C23H22N2O2S2/c1-28-20-10-6-17(7-11-20)18-8-12-21(13-9-18)29(26,27)25-15-14-19-16-24-23-5-3-2-4-22(19)23/h2-13,16,24-25H,14-15H2,1H3. The van der Waals surface area contributed by atoms with Crippen molar-refractivity contribution in [2.45, 2.75) is 16.2 Å². The number of para-hydroxylation sites is 1. The van der Waals surface area contributed by atoms with Crippen LogP contribution in [0.3, 0.4) is 0 Å². The first-order valence-electron chi connectivity index (χ1n) is 9.36. The van der Waals surface area contributed by atoms with Gasteiger partial charge < -0.3 is 4.98 Å². The Morgan fingerprint density at radius 2 is 1.55 bits per heavy atom. The molecule has 6 heteroatoms. The van der Waals surface area contributed by atoms with Crippen molar-refractivity contribution in [3.8, 4) is 11.1 Å². The van der Waals surface area contributed by atoms with E-state index in [2.05, 4.69) is 34.0 Å². The van der Waals surface area contributed by atoms with Gasteiger partial charge >= 0.3 is 0 Å². The highest BCUT2D eigenvalue weighted by Gasteiger charge is 2.14. The zero-order valence-corrected chi connectivity index (χ0v) is 17.7. The topological polar surface area (TPSA) is 62.0 Å². The van der Waals surface area contributed by atoms with Crippen LogP contribution in [0.15, 0.2) is 88.8 Å². The van der Waals surface area contributed by atoms with Crippen molar-refractivity contribution in [2.75, 3.05) is 12.8 Å². The van der Waals surface area contributed by atoms with Crippen molar-refractivity contribution < 1.29 is 8.42 Å². The van der Waals surface area contributed by atoms with Crippen LogP contribution in [0.2, 0.25) is 0 Å². The van der Waals surface area contributed by atoms with E-state index in [-0.39, 0.29) is 4.90 Å². The van der Waals surface area contributed by atoms with E-state index in [0.29, 0.717) is 13.0 Å². The van der Waals surface area contributed by atoms with E-state index in [0.717, 1.165) is 27.6 Å². The SMILES string of the molecule is CSc1ccc(-c2ccc(S(=O)(=O)NCCc3c[nH]c4ccccc34)cc2)cc1. The van der Waals surface area contributed by atoms with E-state index in [9.17, 15) is 8.42 Å². The molecule has 4 aromatic rings. The number of sulfonamides is 1. The Labute approximate surface area is 175 Å². The molecule has 0 saturated carbocycles. The number of H-pyrrole nitrogens is 1. The Morgan fingerprint density at radius 1 is 0.897 bits per heavy atom. The minimum Gasteiger partial charge on any atom is -0.361 e. The normalized spacial score (nSPS) is 11.8. The van der Waals surface area contributed by atoms with E-state index in [1.165, 1.54) is 4.90 Å². The van der Waals surface area contributed by atoms with E-state index < -0.39 is 10.0 Å². The molecule has 1 heterocycles. The summed E-state index contributed by atoms with van der Waals surface area (Å²) >= 11 is 1.70. The lowest BCUT2D eigenvalue weighted by Gasteiger charge is -2.08. The molecule has 3 aromatic carbocycles. The summed E-state index contributed by atoms with van der Waals surface area (Å²) in [5, 5.41) is 1.13. The smallest absolute Gasteiger partial charge is 0.240 e. The number of aromatic amines is 1. The van der Waals surface area contributed by atoms with Crippen LogP contribution in [-0.4, -0.2) is 26.2 Å². The Bertz CT molecular complexity index is 1210. The van der Waals surface area contributed by atoms with Gasteiger partial charge in [-0.2, -0.15) is 0 Å². The molecule has 0 amide bonds. The van der Waals surface area contributed by atoms with Gasteiger partial charge in [-0.15, -0.1) is 11.8 Å². The maximum atomic E-state index is 12.6. The van der Waals surface area contributed by atoms with Gasteiger partial charge in [0.2, 0.25) is 10.0 Å². The van der Waals surface area contributed by atoms with Crippen LogP contribution in [0.4, 0.5) is 0 Å². The third-order valence-electron chi connectivity index (χ3n) is 4.95. The molecule has 0 atom stereocenters. The van der Waals surface area contributed by atoms with Crippen LogP contribution < -0.4 is 4.72 Å². The predicted octanol–water partition coefficient (Wildman–Crippen LogP) is 5.08. The average Bonchev–Trinajstić information content (AvgIpc) is 3.17. The number of hydrogen-bond acceptors (Lipinski definition) is 3. The van der Waals surface area contributed by atoms with Gasteiger partial charge in [0.05, 0.1) is 4.90 Å². The molecular formula is C23H22N2O2S2. The Kier molecular flexibility index (Phi) is 5.76. The monoisotopic (exact) mass is 422 g/mol. The molecule has 0 fully saturated rings. The molecule has 4 nitrogen and oxygen atoms in total. The van der Waals surface area contributed by atoms with Gasteiger partial charge in [0.1, 0.15) is 0 Å². The van der Waals surface area contributed by atoms with Crippen molar-refractivity contribution >= 4 is 32.7 Å². The molecule has 0 aliphatic heterocycles. The van der Waals surface area contributed by atoms with Crippen LogP contribution >= 0.6 is 11.8 Å². The number of hydrogen-bond donors (Lipinski definition) is 2. The average molecular weight is 423 g/mol. The maximum Gasteiger partial charge on any atom is 0.240 e. The highest BCUT2D eigenvalue weighted by molar-refractivity contribution is 7.98. The summed E-state index contributed by atoms with van der Waals surface area (Å²) in [5.41, 5.74) is 4.23. The van der Waals surface area contributed by atoms with E-state index in [1.807, 2.05) is 48.9 Å². The summed E-state index contributed by atoms with van der Waals surface area (Å²) in [6.07, 6.45) is 4.61. The molecule has 0 aliphatic rings. The summed E-state index contributed by atoms with van der Waals surface area (Å²) in [5.74, 6) is 0. The molecule has 0 aliphatic carbocycles. The van der Waals surface area contributed by atoms with Crippen molar-refractivity contribution in [3.05, 3.63) is 84.6 Å². The minimum atomic E-state index is -3.54. The second-order valence-corrected chi connectivity index (χ2v) is 9.41. The van der Waals surface area contributed by atoms with Crippen LogP contribution in [0.25, 0.3) is 22.0 Å². The molecule has 0 spiro atoms. The number of thioether (sulfide) groups is 1. The molecule has 29 heavy (non-hydrogen) atoms. The zero-order valence-electron chi connectivity index (χ0n) is 16.1. The largest absolute Gasteiger partial charge is 0.361 e. The predicted molar refractivity (Wildman–Crippen MR) is 121 cm³/mol. The lowest BCUT2D eigenvalue weighted by atomic mass is 10.1. The first kappa shape index (κ1) is 19.8. The highest BCUT2D eigenvalue weighted by atomic mass is 32.2. The molecule has 2 N–H and O–H groups in total. The van der Waals surface area contributed by atoms with Crippen LogP contribution in [0.1, 0.15) is 5.56 Å². The number of fused-ring (bicyclic) bond motifs is 1. The molecule has 0 radical (unpaired) electrons. The Morgan fingerprint density at radius 3 is 2.24 bits per heavy atom. The fourth-order valence-electron chi connectivity index (χ4n) is 3.35. The van der Waals surface area contributed by atoms with Crippen molar-refractivity contribution in [1.29, 1.82) is 0 Å². The summed E-state index contributed by atoms with van der Waals surface area (Å²) < 4.78 is 28.0. The molecule has 1 aromatic heterocycles. The van der Waals surface area contributed by atoms with Gasteiger partial charge in [-0.3, -0.25) is 0 Å². The summed E-state index contributed by atoms with van der Waals surface area (Å²) in [6, 6.07) is 23.3. The second kappa shape index (κ2) is 8.45. The van der Waals surface area contributed by atoms with Gasteiger partial charge in [-0.25, -0.2) is 13.1 Å². The first-order chi connectivity index (χ1) is 14.1. The molecule has 0 saturated heterocycles. The first-order valence-corrected chi connectivity index (χ1v) is 12.1.